The number of carbonyl (C=O) groups is 2. The number of rotatable bonds is 5. The summed E-state index contributed by atoms with van der Waals surface area (Å²) in [5, 5.41) is 23.4. The molecule has 4 atom stereocenters. The zero-order valence-electron chi connectivity index (χ0n) is 18.6. The van der Waals surface area contributed by atoms with Crippen LogP contribution < -0.4 is 5.32 Å². The minimum Gasteiger partial charge on any atom is -0.391 e. The maximum Gasteiger partial charge on any atom is 0.252 e. The molecule has 31 heavy (non-hydrogen) atoms. The summed E-state index contributed by atoms with van der Waals surface area (Å²) in [4.78, 5) is 32.4. The van der Waals surface area contributed by atoms with E-state index in [2.05, 4.69) is 10.3 Å². The predicted molar refractivity (Wildman–Crippen MR) is 120 cm³/mol. The van der Waals surface area contributed by atoms with E-state index in [1.54, 1.807) is 32.1 Å². The van der Waals surface area contributed by atoms with Crippen molar-refractivity contribution in [3.8, 4) is 10.4 Å². The van der Waals surface area contributed by atoms with Gasteiger partial charge in [0, 0.05) is 13.0 Å². The van der Waals surface area contributed by atoms with E-state index in [4.69, 9.17) is 0 Å². The zero-order chi connectivity index (χ0) is 22.9. The van der Waals surface area contributed by atoms with Crippen LogP contribution in [0.5, 0.6) is 0 Å². The Kier molecular flexibility index (Phi) is 6.83. The predicted octanol–water partition coefficient (Wildman–Crippen LogP) is 2.66. The molecule has 8 heteroatoms. The molecule has 0 saturated carbocycles. The van der Waals surface area contributed by atoms with Gasteiger partial charge in [-0.3, -0.25) is 9.59 Å². The highest BCUT2D eigenvalue weighted by Crippen LogP contribution is 2.29. The first-order valence-electron chi connectivity index (χ1n) is 10.5. The number of carbonyl (C=O) groups excluding carboxylic acids is 2. The van der Waals surface area contributed by atoms with Gasteiger partial charge in [0.15, 0.2) is 0 Å². The first-order valence-corrected chi connectivity index (χ1v) is 11.3. The van der Waals surface area contributed by atoms with Crippen LogP contribution in [0.15, 0.2) is 29.8 Å². The highest BCUT2D eigenvalue weighted by atomic mass is 32.1. The molecule has 1 aliphatic heterocycles. The van der Waals surface area contributed by atoms with Gasteiger partial charge in [0.05, 0.1) is 28.2 Å². The number of β-amino-alcohol motifs (C(OH)–C–C–N with tert-alkyl or cyclic N) is 1. The molecule has 0 aliphatic carbocycles. The lowest BCUT2D eigenvalue weighted by Gasteiger charge is -2.32. The number of thiazole rings is 1. The van der Waals surface area contributed by atoms with E-state index in [0.717, 1.165) is 21.7 Å². The van der Waals surface area contributed by atoms with Crippen LogP contribution in [0.1, 0.15) is 51.4 Å². The number of aryl methyl sites for hydroxylation is 1. The summed E-state index contributed by atoms with van der Waals surface area (Å²) in [6, 6.07) is 6.87. The third-order valence-corrected chi connectivity index (χ3v) is 6.67. The quantitative estimate of drug-likeness (QED) is 0.657. The number of hydrogen-bond acceptors (Lipinski definition) is 6. The fourth-order valence-corrected chi connectivity index (χ4v) is 4.54. The van der Waals surface area contributed by atoms with Gasteiger partial charge in [-0.25, -0.2) is 4.98 Å². The van der Waals surface area contributed by atoms with E-state index in [-0.39, 0.29) is 24.9 Å². The van der Waals surface area contributed by atoms with Crippen LogP contribution in [0.25, 0.3) is 10.4 Å². The average molecular weight is 446 g/mol. The second-order valence-corrected chi connectivity index (χ2v) is 10.1. The number of likely N-dealkylation sites (tertiary alicyclic amines) is 1. The Bertz CT molecular complexity index is 935. The van der Waals surface area contributed by atoms with Crippen LogP contribution in [-0.2, 0) is 9.59 Å². The maximum atomic E-state index is 13.0. The Labute approximate surface area is 187 Å². The van der Waals surface area contributed by atoms with Crippen molar-refractivity contribution in [3.05, 3.63) is 41.0 Å². The van der Waals surface area contributed by atoms with Crippen molar-refractivity contribution in [1.82, 2.24) is 15.2 Å². The molecule has 3 rings (SSSR count). The van der Waals surface area contributed by atoms with Crippen LogP contribution >= 0.6 is 11.3 Å². The number of aliphatic hydroxyl groups is 2. The molecule has 1 aromatic carbocycles. The van der Waals surface area contributed by atoms with Crippen molar-refractivity contribution in [3.63, 3.8) is 0 Å². The summed E-state index contributed by atoms with van der Waals surface area (Å²) in [5.74, 6) is -0.859. The molecular formula is C23H31N3O4S. The largest absolute Gasteiger partial charge is 0.391 e. The maximum absolute atomic E-state index is 13.0. The SMILES string of the molecule is Cc1ncsc1-c1ccc([C@H](C)NC(=O)[C@@H]2C[C@@H](O)CN2C(=O)[C@@H](O)C(C)(C)C)cc1. The lowest BCUT2D eigenvalue weighted by atomic mass is 9.88. The van der Waals surface area contributed by atoms with E-state index in [0.29, 0.717) is 0 Å². The van der Waals surface area contributed by atoms with Crippen molar-refractivity contribution >= 4 is 23.2 Å². The smallest absolute Gasteiger partial charge is 0.252 e. The van der Waals surface area contributed by atoms with Crippen molar-refractivity contribution in [1.29, 1.82) is 0 Å². The standard InChI is InChI=1S/C23H31N3O4S/c1-13(15-6-8-16(9-7-15)19-14(2)24-12-31-19)25-21(29)18-10-17(27)11-26(18)22(30)20(28)23(3,4)5/h6-9,12-13,17-18,20,27-28H,10-11H2,1-5H3,(H,25,29)/t13-,17+,18-,20+/m0/s1. The number of amides is 2. The number of aromatic nitrogens is 1. The Morgan fingerprint density at radius 1 is 1.26 bits per heavy atom. The average Bonchev–Trinajstić information content (AvgIpc) is 3.31. The second kappa shape index (κ2) is 9.06. The van der Waals surface area contributed by atoms with Crippen molar-refractivity contribution in [2.45, 2.75) is 65.3 Å². The summed E-state index contributed by atoms with van der Waals surface area (Å²) < 4.78 is 0. The van der Waals surface area contributed by atoms with Gasteiger partial charge in [-0.05, 0) is 30.4 Å². The number of nitrogens with zero attached hydrogens (tertiary/aromatic N) is 2. The van der Waals surface area contributed by atoms with E-state index in [9.17, 15) is 19.8 Å². The van der Waals surface area contributed by atoms with Crippen molar-refractivity contribution in [2.24, 2.45) is 5.41 Å². The summed E-state index contributed by atoms with van der Waals surface area (Å²) in [5.41, 5.74) is 4.17. The molecule has 7 nitrogen and oxygen atoms in total. The fourth-order valence-electron chi connectivity index (χ4n) is 3.73. The summed E-state index contributed by atoms with van der Waals surface area (Å²) >= 11 is 1.59. The first-order chi connectivity index (χ1) is 14.5. The van der Waals surface area contributed by atoms with E-state index in [1.807, 2.05) is 43.6 Å². The van der Waals surface area contributed by atoms with Gasteiger partial charge in [-0.15, -0.1) is 11.3 Å². The first kappa shape index (κ1) is 23.4. The molecule has 0 radical (unpaired) electrons. The number of hydrogen-bond donors (Lipinski definition) is 3. The minimum absolute atomic E-state index is 0.0430. The van der Waals surface area contributed by atoms with Crippen LogP contribution in [0.4, 0.5) is 0 Å². The molecule has 1 saturated heterocycles. The normalized spacial score (nSPS) is 21.1. The molecule has 2 heterocycles. The summed E-state index contributed by atoms with van der Waals surface area (Å²) in [7, 11) is 0. The Balaban J connectivity index is 1.69. The highest BCUT2D eigenvalue weighted by Gasteiger charge is 2.43. The Morgan fingerprint density at radius 2 is 1.90 bits per heavy atom. The van der Waals surface area contributed by atoms with Gasteiger partial charge < -0.3 is 20.4 Å². The lowest BCUT2D eigenvalue weighted by molar-refractivity contribution is -0.150. The summed E-state index contributed by atoms with van der Waals surface area (Å²) in [6.45, 7) is 9.18. The molecule has 3 N–H and O–H groups in total. The second-order valence-electron chi connectivity index (χ2n) is 9.28. The Morgan fingerprint density at radius 3 is 2.45 bits per heavy atom. The molecule has 0 bridgehead atoms. The number of benzene rings is 1. The zero-order valence-corrected chi connectivity index (χ0v) is 19.4. The van der Waals surface area contributed by atoms with Crippen molar-refractivity contribution < 1.29 is 19.8 Å². The number of nitrogens with one attached hydrogen (secondary N) is 1. The fraction of sp³-hybridized carbons (Fsp3) is 0.522. The van der Waals surface area contributed by atoms with Crippen molar-refractivity contribution in [2.75, 3.05) is 6.54 Å². The molecule has 2 amide bonds. The molecule has 168 valence electrons. The molecule has 0 spiro atoms. The molecular weight excluding hydrogens is 414 g/mol. The van der Waals surface area contributed by atoms with Gasteiger partial charge in [-0.1, -0.05) is 45.0 Å². The summed E-state index contributed by atoms with van der Waals surface area (Å²) in [6.07, 6.45) is -1.87. The van der Waals surface area contributed by atoms with Crippen LogP contribution in [-0.4, -0.2) is 56.7 Å². The molecule has 1 fully saturated rings. The highest BCUT2D eigenvalue weighted by molar-refractivity contribution is 7.13. The van der Waals surface area contributed by atoms with Gasteiger partial charge in [-0.2, -0.15) is 0 Å². The monoisotopic (exact) mass is 445 g/mol. The van der Waals surface area contributed by atoms with Crippen LogP contribution in [0, 0.1) is 12.3 Å². The van der Waals surface area contributed by atoms with Gasteiger partial charge in [0.1, 0.15) is 12.1 Å². The number of aliphatic hydroxyl groups excluding tert-OH is 2. The van der Waals surface area contributed by atoms with Crippen LogP contribution in [0.3, 0.4) is 0 Å². The Hall–Kier alpha value is -2.29. The van der Waals surface area contributed by atoms with Crippen LogP contribution in [0.2, 0.25) is 0 Å². The van der Waals surface area contributed by atoms with Gasteiger partial charge in [0.2, 0.25) is 5.91 Å². The lowest BCUT2D eigenvalue weighted by Crippen LogP contribution is -2.52. The third-order valence-electron chi connectivity index (χ3n) is 5.70. The topological polar surface area (TPSA) is 103 Å². The van der Waals surface area contributed by atoms with E-state index < -0.39 is 29.6 Å². The van der Waals surface area contributed by atoms with Gasteiger partial charge in [0.25, 0.3) is 5.91 Å². The minimum atomic E-state index is -1.24. The molecule has 2 aromatic rings. The molecule has 1 aliphatic rings. The third kappa shape index (κ3) is 5.14. The van der Waals surface area contributed by atoms with E-state index >= 15 is 0 Å². The van der Waals surface area contributed by atoms with E-state index in [1.165, 1.54) is 4.90 Å². The molecule has 0 unspecified atom stereocenters. The molecule has 1 aromatic heterocycles. The van der Waals surface area contributed by atoms with Gasteiger partial charge >= 0.3 is 0 Å².